The summed E-state index contributed by atoms with van der Waals surface area (Å²) in [7, 11) is 0. The molecule has 3 rings (SSSR count). The van der Waals surface area contributed by atoms with Crippen molar-refractivity contribution >= 4 is 5.91 Å². The molecule has 1 atom stereocenters. The normalized spacial score (nSPS) is 22.6. The first-order chi connectivity index (χ1) is 10.2. The highest BCUT2D eigenvalue weighted by atomic mass is 16.4. The van der Waals surface area contributed by atoms with Gasteiger partial charge in [0.05, 0.1) is 6.26 Å². The minimum atomic E-state index is -0.586. The highest BCUT2D eigenvalue weighted by Gasteiger charge is 2.29. The van der Waals surface area contributed by atoms with Gasteiger partial charge in [-0.05, 0) is 25.0 Å². The van der Waals surface area contributed by atoms with Crippen LogP contribution in [0, 0.1) is 5.92 Å². The zero-order valence-corrected chi connectivity index (χ0v) is 12.4. The van der Waals surface area contributed by atoms with Crippen molar-refractivity contribution in [3.05, 3.63) is 24.2 Å². The van der Waals surface area contributed by atoms with E-state index in [1.165, 1.54) is 12.8 Å². The van der Waals surface area contributed by atoms with E-state index in [1.807, 2.05) is 4.90 Å². The average molecular weight is 292 g/mol. The first kappa shape index (κ1) is 14.6. The fraction of sp³-hybridized carbons (Fsp3) is 0.688. The monoisotopic (exact) mass is 292 g/mol. The van der Waals surface area contributed by atoms with Gasteiger partial charge in [0.15, 0.2) is 0 Å². The minimum Gasteiger partial charge on any atom is -0.467 e. The van der Waals surface area contributed by atoms with Crippen LogP contribution in [0.2, 0.25) is 0 Å². The molecule has 1 saturated heterocycles. The lowest BCUT2D eigenvalue weighted by atomic mass is 10.1. The zero-order chi connectivity index (χ0) is 14.7. The molecule has 1 saturated carbocycles. The number of hydrogen-bond acceptors (Lipinski definition) is 4. The number of nitrogens with zero attached hydrogens (tertiary/aromatic N) is 2. The number of carbonyl (C=O) groups is 1. The van der Waals surface area contributed by atoms with Gasteiger partial charge in [0.1, 0.15) is 11.9 Å². The predicted octanol–water partition coefficient (Wildman–Crippen LogP) is 1.65. The Morgan fingerprint density at radius 1 is 1.29 bits per heavy atom. The Balaban J connectivity index is 1.45. The molecule has 0 unspecified atom stereocenters. The third-order valence-corrected chi connectivity index (χ3v) is 4.69. The van der Waals surface area contributed by atoms with E-state index < -0.39 is 6.10 Å². The maximum absolute atomic E-state index is 12.4. The highest BCUT2D eigenvalue weighted by molar-refractivity contribution is 5.79. The molecule has 1 aliphatic carbocycles. The van der Waals surface area contributed by atoms with Crippen molar-refractivity contribution in [2.45, 2.75) is 31.8 Å². The lowest BCUT2D eigenvalue weighted by Gasteiger charge is -2.36. The van der Waals surface area contributed by atoms with Crippen molar-refractivity contribution in [3.63, 3.8) is 0 Å². The largest absolute Gasteiger partial charge is 0.467 e. The van der Waals surface area contributed by atoms with Crippen LogP contribution in [0.5, 0.6) is 0 Å². The number of piperazine rings is 1. The highest BCUT2D eigenvalue weighted by Crippen LogP contribution is 2.27. The van der Waals surface area contributed by atoms with Crippen LogP contribution in [0.15, 0.2) is 22.8 Å². The second kappa shape index (κ2) is 6.62. The molecule has 0 spiro atoms. The summed E-state index contributed by atoms with van der Waals surface area (Å²) in [5.74, 6) is 1.23. The standard InChI is InChI=1S/C16H24N2O3/c19-14(15-6-3-11-21-15)12-17-7-9-18(10-8-17)16(20)13-4-1-2-5-13/h3,6,11,13-14,19H,1-2,4-5,7-10,12H2/t14-/m1/s1. The maximum Gasteiger partial charge on any atom is 0.225 e. The SMILES string of the molecule is O=C(C1CCCC1)N1CCN(C[C@@H](O)c2ccco2)CC1. The molecule has 0 radical (unpaired) electrons. The Morgan fingerprint density at radius 2 is 2.00 bits per heavy atom. The van der Waals surface area contributed by atoms with Crippen LogP contribution >= 0.6 is 0 Å². The van der Waals surface area contributed by atoms with Crippen molar-refractivity contribution in [3.8, 4) is 0 Å². The maximum atomic E-state index is 12.4. The van der Waals surface area contributed by atoms with Crippen LogP contribution in [-0.4, -0.2) is 53.5 Å². The molecule has 0 bridgehead atoms. The van der Waals surface area contributed by atoms with Crippen LogP contribution < -0.4 is 0 Å². The smallest absolute Gasteiger partial charge is 0.225 e. The lowest BCUT2D eigenvalue weighted by Crippen LogP contribution is -2.50. The number of amides is 1. The summed E-state index contributed by atoms with van der Waals surface area (Å²) in [4.78, 5) is 16.6. The van der Waals surface area contributed by atoms with Crippen molar-refractivity contribution in [1.82, 2.24) is 9.80 Å². The van der Waals surface area contributed by atoms with Gasteiger partial charge >= 0.3 is 0 Å². The molecule has 5 heteroatoms. The van der Waals surface area contributed by atoms with E-state index in [4.69, 9.17) is 4.42 Å². The quantitative estimate of drug-likeness (QED) is 0.917. The van der Waals surface area contributed by atoms with Gasteiger partial charge in [-0.2, -0.15) is 0 Å². The van der Waals surface area contributed by atoms with Gasteiger partial charge in [0, 0.05) is 38.6 Å². The molecule has 1 N–H and O–H groups in total. The Kier molecular flexibility index (Phi) is 4.60. The minimum absolute atomic E-state index is 0.269. The molecule has 0 aromatic carbocycles. The fourth-order valence-electron chi connectivity index (χ4n) is 3.40. The molecule has 21 heavy (non-hydrogen) atoms. The van der Waals surface area contributed by atoms with Gasteiger partial charge in [0.25, 0.3) is 0 Å². The number of rotatable bonds is 4. The number of carbonyl (C=O) groups excluding carboxylic acids is 1. The molecule has 2 heterocycles. The molecule has 116 valence electrons. The summed E-state index contributed by atoms with van der Waals surface area (Å²) in [5.41, 5.74) is 0. The number of furan rings is 1. The van der Waals surface area contributed by atoms with Gasteiger partial charge < -0.3 is 14.4 Å². The summed E-state index contributed by atoms with van der Waals surface area (Å²) in [6, 6.07) is 3.58. The number of aliphatic hydroxyl groups is 1. The molecule has 2 aliphatic rings. The van der Waals surface area contributed by atoms with Crippen molar-refractivity contribution < 1.29 is 14.3 Å². The summed E-state index contributed by atoms with van der Waals surface area (Å²) in [6.07, 6.45) is 5.53. The molecule has 1 aromatic rings. The number of β-amino-alcohol motifs (C(OH)–C–C–N with tert-alkyl or cyclic N) is 1. The topological polar surface area (TPSA) is 56.9 Å². The fourth-order valence-corrected chi connectivity index (χ4v) is 3.40. The molecular weight excluding hydrogens is 268 g/mol. The Bertz CT molecular complexity index is 446. The van der Waals surface area contributed by atoms with Crippen LogP contribution in [0.1, 0.15) is 37.5 Å². The van der Waals surface area contributed by atoms with Crippen molar-refractivity contribution in [2.75, 3.05) is 32.7 Å². The molecule has 5 nitrogen and oxygen atoms in total. The van der Waals surface area contributed by atoms with E-state index in [-0.39, 0.29) is 5.92 Å². The van der Waals surface area contributed by atoms with Crippen LogP contribution in [0.25, 0.3) is 0 Å². The van der Waals surface area contributed by atoms with E-state index in [1.54, 1.807) is 18.4 Å². The third-order valence-electron chi connectivity index (χ3n) is 4.69. The molecular formula is C16H24N2O3. The number of aliphatic hydroxyl groups excluding tert-OH is 1. The molecule has 1 aliphatic heterocycles. The van der Waals surface area contributed by atoms with Crippen LogP contribution in [-0.2, 0) is 4.79 Å². The van der Waals surface area contributed by atoms with Gasteiger partial charge in [-0.15, -0.1) is 0 Å². The first-order valence-electron chi connectivity index (χ1n) is 7.96. The van der Waals surface area contributed by atoms with Gasteiger partial charge in [-0.1, -0.05) is 12.8 Å². The van der Waals surface area contributed by atoms with Gasteiger partial charge in [-0.3, -0.25) is 9.69 Å². The van der Waals surface area contributed by atoms with E-state index in [9.17, 15) is 9.90 Å². The molecule has 1 aromatic heterocycles. The Hall–Kier alpha value is -1.33. The van der Waals surface area contributed by atoms with Crippen LogP contribution in [0.3, 0.4) is 0 Å². The van der Waals surface area contributed by atoms with Crippen LogP contribution in [0.4, 0.5) is 0 Å². The summed E-state index contributed by atoms with van der Waals surface area (Å²) in [5, 5.41) is 10.1. The first-order valence-corrected chi connectivity index (χ1v) is 7.96. The van der Waals surface area contributed by atoms with E-state index in [0.29, 0.717) is 18.2 Å². The molecule has 1 amide bonds. The van der Waals surface area contributed by atoms with E-state index in [0.717, 1.165) is 39.0 Å². The average Bonchev–Trinajstić information content (AvgIpc) is 3.20. The van der Waals surface area contributed by atoms with Gasteiger partial charge in [0.2, 0.25) is 5.91 Å². The second-order valence-corrected chi connectivity index (χ2v) is 6.14. The summed E-state index contributed by atoms with van der Waals surface area (Å²) < 4.78 is 5.22. The van der Waals surface area contributed by atoms with E-state index in [2.05, 4.69) is 4.90 Å². The zero-order valence-electron chi connectivity index (χ0n) is 12.4. The summed E-state index contributed by atoms with van der Waals surface area (Å²) >= 11 is 0. The van der Waals surface area contributed by atoms with Gasteiger partial charge in [-0.25, -0.2) is 0 Å². The number of hydrogen-bond donors (Lipinski definition) is 1. The summed E-state index contributed by atoms with van der Waals surface area (Å²) in [6.45, 7) is 3.78. The lowest BCUT2D eigenvalue weighted by molar-refractivity contribution is -0.137. The Morgan fingerprint density at radius 3 is 2.62 bits per heavy atom. The molecule has 2 fully saturated rings. The van der Waals surface area contributed by atoms with Crippen molar-refractivity contribution in [2.24, 2.45) is 5.92 Å². The van der Waals surface area contributed by atoms with E-state index >= 15 is 0 Å². The third kappa shape index (κ3) is 3.47. The predicted molar refractivity (Wildman–Crippen MR) is 78.6 cm³/mol. The van der Waals surface area contributed by atoms with Crippen molar-refractivity contribution in [1.29, 1.82) is 0 Å². The second-order valence-electron chi connectivity index (χ2n) is 6.14. The Labute approximate surface area is 125 Å².